The Bertz CT molecular complexity index is 1540. The van der Waals surface area contributed by atoms with E-state index in [0.29, 0.717) is 23.4 Å². The molecule has 0 N–H and O–H groups in total. The minimum Gasteiger partial charge on any atom is -0.462 e. The minimum absolute atomic E-state index is 0.0450. The zero-order chi connectivity index (χ0) is 24.2. The Kier molecular flexibility index (Phi) is 7.02. The van der Waals surface area contributed by atoms with Gasteiger partial charge in [-0.3, -0.25) is 14.0 Å². The van der Waals surface area contributed by atoms with E-state index < -0.39 is 11.9 Å². The Balaban J connectivity index is 2.11. The highest BCUT2D eigenvalue weighted by molar-refractivity contribution is 9.10. The van der Waals surface area contributed by atoms with Crippen LogP contribution in [0.2, 0.25) is 0 Å². The second-order valence-electron chi connectivity index (χ2n) is 7.62. The number of halogens is 1. The molecule has 0 bridgehead atoms. The molecule has 0 spiro atoms. The zero-order valence-electron chi connectivity index (χ0n) is 18.8. The van der Waals surface area contributed by atoms with Gasteiger partial charge >= 0.3 is 5.97 Å². The van der Waals surface area contributed by atoms with Crippen LogP contribution in [0.25, 0.3) is 16.7 Å². The SMILES string of the molecule is CCCCn1c(=NC(=O)c2cccc(Br)c2)c(C(=O)OCC)cc2c(=O)n3ccccc3nc21. The van der Waals surface area contributed by atoms with Gasteiger partial charge in [0, 0.05) is 22.8 Å². The highest BCUT2D eigenvalue weighted by Crippen LogP contribution is 2.14. The molecule has 0 aliphatic rings. The number of nitrogens with zero attached hydrogens (tertiary/aromatic N) is 4. The number of hydrogen-bond acceptors (Lipinski definition) is 5. The minimum atomic E-state index is -0.659. The first kappa shape index (κ1) is 23.6. The lowest BCUT2D eigenvalue weighted by Crippen LogP contribution is -2.32. The van der Waals surface area contributed by atoms with Gasteiger partial charge in [0.25, 0.3) is 11.5 Å². The number of unbranched alkanes of at least 4 members (excludes halogenated alkanes) is 1. The summed E-state index contributed by atoms with van der Waals surface area (Å²) in [5, 5.41) is 0.247. The highest BCUT2D eigenvalue weighted by atomic mass is 79.9. The third-order valence-electron chi connectivity index (χ3n) is 5.30. The van der Waals surface area contributed by atoms with Gasteiger partial charge in [-0.2, -0.15) is 4.99 Å². The standard InChI is InChI=1S/C25H23BrN4O4/c1-3-5-12-30-21-18(24(32)29-13-7-6-11-20(29)27-21)15-19(25(33)34-4-2)22(30)28-23(31)16-9-8-10-17(26)14-16/h6-11,13-15H,3-5,12H2,1-2H3. The molecule has 9 heteroatoms. The van der Waals surface area contributed by atoms with Gasteiger partial charge < -0.3 is 9.30 Å². The smallest absolute Gasteiger partial charge is 0.341 e. The predicted octanol–water partition coefficient (Wildman–Crippen LogP) is 4.13. The maximum atomic E-state index is 13.3. The van der Waals surface area contributed by atoms with Gasteiger partial charge in [-0.15, -0.1) is 0 Å². The number of carbonyl (C=O) groups excluding carboxylic acids is 2. The Morgan fingerprint density at radius 3 is 2.68 bits per heavy atom. The summed E-state index contributed by atoms with van der Waals surface area (Å²) in [6.45, 7) is 4.27. The van der Waals surface area contributed by atoms with Gasteiger partial charge in [0.15, 0.2) is 5.49 Å². The molecule has 3 aromatic heterocycles. The topological polar surface area (TPSA) is 95.0 Å². The van der Waals surface area contributed by atoms with Crippen LogP contribution < -0.4 is 11.0 Å². The third kappa shape index (κ3) is 4.56. The number of fused-ring (bicyclic) bond motifs is 2. The number of benzene rings is 1. The summed E-state index contributed by atoms with van der Waals surface area (Å²) in [5.41, 5.74) is 1.02. The first-order chi connectivity index (χ1) is 16.4. The van der Waals surface area contributed by atoms with Crippen molar-refractivity contribution in [2.45, 2.75) is 33.2 Å². The molecule has 0 fully saturated rings. The molecule has 174 valence electrons. The van der Waals surface area contributed by atoms with Crippen molar-refractivity contribution in [2.75, 3.05) is 6.61 Å². The molecule has 8 nitrogen and oxygen atoms in total. The highest BCUT2D eigenvalue weighted by Gasteiger charge is 2.20. The molecule has 0 unspecified atom stereocenters. The van der Waals surface area contributed by atoms with Crippen molar-refractivity contribution in [1.29, 1.82) is 0 Å². The van der Waals surface area contributed by atoms with Gasteiger partial charge in [0.2, 0.25) is 0 Å². The molecule has 4 rings (SSSR count). The van der Waals surface area contributed by atoms with E-state index in [9.17, 15) is 14.4 Å². The summed E-state index contributed by atoms with van der Waals surface area (Å²) in [6, 6.07) is 13.5. The van der Waals surface area contributed by atoms with Crippen molar-refractivity contribution >= 4 is 44.5 Å². The molecule has 4 aromatic rings. The number of hydrogen-bond donors (Lipinski definition) is 0. The van der Waals surface area contributed by atoms with Crippen LogP contribution in [0.4, 0.5) is 0 Å². The van der Waals surface area contributed by atoms with Crippen LogP contribution in [0.15, 0.2) is 69.0 Å². The van der Waals surface area contributed by atoms with Crippen molar-refractivity contribution in [3.63, 3.8) is 0 Å². The molecule has 0 aliphatic heterocycles. The average Bonchev–Trinajstić information content (AvgIpc) is 2.83. The van der Waals surface area contributed by atoms with Crippen LogP contribution in [0.5, 0.6) is 0 Å². The Morgan fingerprint density at radius 2 is 1.94 bits per heavy atom. The largest absolute Gasteiger partial charge is 0.462 e. The molecule has 0 saturated heterocycles. The number of rotatable bonds is 6. The maximum Gasteiger partial charge on any atom is 0.341 e. The van der Waals surface area contributed by atoms with Gasteiger partial charge in [-0.1, -0.05) is 41.4 Å². The van der Waals surface area contributed by atoms with Crippen LogP contribution in [0.1, 0.15) is 47.4 Å². The van der Waals surface area contributed by atoms with E-state index in [-0.39, 0.29) is 28.6 Å². The van der Waals surface area contributed by atoms with Crippen LogP contribution in [0.3, 0.4) is 0 Å². The number of ether oxygens (including phenoxy) is 1. The molecule has 1 aromatic carbocycles. The molecule has 1 amide bonds. The second kappa shape index (κ2) is 10.1. The molecule has 0 radical (unpaired) electrons. The summed E-state index contributed by atoms with van der Waals surface area (Å²) >= 11 is 3.37. The number of aryl methyl sites for hydroxylation is 1. The zero-order valence-corrected chi connectivity index (χ0v) is 20.4. The van der Waals surface area contributed by atoms with Crippen molar-refractivity contribution in [3.8, 4) is 0 Å². The lowest BCUT2D eigenvalue weighted by molar-refractivity contribution is 0.0523. The third-order valence-corrected chi connectivity index (χ3v) is 5.79. The Hall–Kier alpha value is -3.59. The van der Waals surface area contributed by atoms with Crippen LogP contribution >= 0.6 is 15.9 Å². The number of aromatic nitrogens is 3. The summed E-state index contributed by atoms with van der Waals surface area (Å²) < 4.78 is 9.08. The fourth-order valence-corrected chi connectivity index (χ4v) is 4.07. The molecule has 34 heavy (non-hydrogen) atoms. The lowest BCUT2D eigenvalue weighted by Gasteiger charge is -2.15. The van der Waals surface area contributed by atoms with E-state index in [1.165, 1.54) is 10.5 Å². The van der Waals surface area contributed by atoms with E-state index in [1.54, 1.807) is 60.2 Å². The maximum absolute atomic E-state index is 13.3. The van der Waals surface area contributed by atoms with Crippen molar-refractivity contribution in [3.05, 3.63) is 86.2 Å². The first-order valence-electron chi connectivity index (χ1n) is 11.0. The second-order valence-corrected chi connectivity index (χ2v) is 8.53. The molecule has 0 atom stereocenters. The van der Waals surface area contributed by atoms with Crippen LogP contribution in [-0.2, 0) is 11.3 Å². The summed E-state index contributed by atoms with van der Waals surface area (Å²) in [6.07, 6.45) is 3.21. The van der Waals surface area contributed by atoms with Crippen molar-refractivity contribution in [2.24, 2.45) is 4.99 Å². The van der Waals surface area contributed by atoms with Gasteiger partial charge in [0.1, 0.15) is 16.9 Å². The first-order valence-corrected chi connectivity index (χ1v) is 11.8. The predicted molar refractivity (Wildman–Crippen MR) is 132 cm³/mol. The van der Waals surface area contributed by atoms with Crippen molar-refractivity contribution in [1.82, 2.24) is 14.0 Å². The molecular formula is C25H23BrN4O4. The molecular weight excluding hydrogens is 500 g/mol. The number of pyridine rings is 2. The van der Waals surface area contributed by atoms with E-state index in [4.69, 9.17) is 4.74 Å². The quantitative estimate of drug-likeness (QED) is 0.280. The van der Waals surface area contributed by atoms with E-state index in [1.807, 2.05) is 6.92 Å². The van der Waals surface area contributed by atoms with E-state index in [0.717, 1.165) is 17.3 Å². The van der Waals surface area contributed by atoms with E-state index >= 15 is 0 Å². The fraction of sp³-hybridized carbons (Fsp3) is 0.240. The number of carbonyl (C=O) groups is 2. The normalized spacial score (nSPS) is 11.8. The summed E-state index contributed by atoms with van der Waals surface area (Å²) in [7, 11) is 0. The van der Waals surface area contributed by atoms with Crippen molar-refractivity contribution < 1.29 is 14.3 Å². The average molecular weight is 523 g/mol. The van der Waals surface area contributed by atoms with Crippen LogP contribution in [-0.4, -0.2) is 32.4 Å². The summed E-state index contributed by atoms with van der Waals surface area (Å²) in [4.78, 5) is 48.4. The molecule has 3 heterocycles. The Morgan fingerprint density at radius 1 is 1.12 bits per heavy atom. The summed E-state index contributed by atoms with van der Waals surface area (Å²) in [5.74, 6) is -1.18. The van der Waals surface area contributed by atoms with Gasteiger partial charge in [0.05, 0.1) is 12.0 Å². The lowest BCUT2D eigenvalue weighted by atomic mass is 10.2. The number of amides is 1. The van der Waals surface area contributed by atoms with Crippen LogP contribution in [0, 0.1) is 0 Å². The van der Waals surface area contributed by atoms with E-state index in [2.05, 4.69) is 25.9 Å². The fourth-order valence-electron chi connectivity index (χ4n) is 3.67. The Labute approximate surface area is 203 Å². The van der Waals surface area contributed by atoms with Gasteiger partial charge in [-0.05, 0) is 49.7 Å². The molecule has 0 aliphatic carbocycles. The molecule has 0 saturated carbocycles. The number of esters is 1. The monoisotopic (exact) mass is 522 g/mol. The van der Waals surface area contributed by atoms with Gasteiger partial charge in [-0.25, -0.2) is 9.78 Å².